The molecule has 1 heterocycles. The molecule has 0 aliphatic carbocycles. The topological polar surface area (TPSA) is 27.6 Å². The van der Waals surface area contributed by atoms with Crippen molar-refractivity contribution in [2.75, 3.05) is 20.6 Å². The molecule has 0 spiro atoms. The summed E-state index contributed by atoms with van der Waals surface area (Å²) < 4.78 is 0. The molecule has 0 saturated heterocycles. The van der Waals surface area contributed by atoms with Gasteiger partial charge in [-0.05, 0) is 25.0 Å². The Balaban J connectivity index is 0.00000324. The van der Waals surface area contributed by atoms with Gasteiger partial charge in [0.1, 0.15) is 0 Å². The van der Waals surface area contributed by atoms with E-state index < -0.39 is 0 Å². The molecule has 1 N–H and O–H groups in total. The Bertz CT molecular complexity index is 377. The van der Waals surface area contributed by atoms with Crippen molar-refractivity contribution in [1.82, 2.24) is 10.2 Å². The number of hydrogen-bond donors (Lipinski definition) is 1. The number of thiophene rings is 1. The molecule has 0 aliphatic heterocycles. The van der Waals surface area contributed by atoms with Crippen LogP contribution in [0.1, 0.15) is 36.4 Å². The molecule has 5 heteroatoms. The maximum atomic E-state index is 4.32. The first-order chi connectivity index (χ1) is 8.71. The summed E-state index contributed by atoms with van der Waals surface area (Å²) >= 11 is 1.88. The predicted octanol–water partition coefficient (Wildman–Crippen LogP) is 3.74. The lowest BCUT2D eigenvalue weighted by Crippen LogP contribution is -2.38. The molecule has 1 aromatic rings. The fourth-order valence-electron chi connectivity index (χ4n) is 1.76. The molecule has 0 saturated carbocycles. The van der Waals surface area contributed by atoms with Gasteiger partial charge in [0.25, 0.3) is 0 Å². The van der Waals surface area contributed by atoms with Crippen molar-refractivity contribution in [3.8, 4) is 0 Å². The number of aryl methyl sites for hydroxylation is 1. The lowest BCUT2D eigenvalue weighted by Gasteiger charge is -2.21. The first-order valence-electron chi connectivity index (χ1n) is 6.70. The van der Waals surface area contributed by atoms with E-state index in [1.54, 1.807) is 0 Å². The van der Waals surface area contributed by atoms with Crippen LogP contribution in [0.5, 0.6) is 0 Å². The zero-order chi connectivity index (χ0) is 13.4. The third-order valence-electron chi connectivity index (χ3n) is 2.91. The minimum absolute atomic E-state index is 0. The van der Waals surface area contributed by atoms with Crippen LogP contribution in [-0.2, 0) is 13.0 Å². The normalized spacial score (nSPS) is 11.1. The second kappa shape index (κ2) is 10.5. The molecule has 19 heavy (non-hydrogen) atoms. The molecule has 0 atom stereocenters. The highest BCUT2D eigenvalue weighted by molar-refractivity contribution is 14.0. The second-order valence-electron chi connectivity index (χ2n) is 4.40. The van der Waals surface area contributed by atoms with E-state index in [0.29, 0.717) is 0 Å². The Labute approximate surface area is 138 Å². The van der Waals surface area contributed by atoms with E-state index in [4.69, 9.17) is 0 Å². The SMILES string of the molecule is CCCCN(C)C(=NC)NCc1ccc(CC)s1.I. The van der Waals surface area contributed by atoms with Crippen molar-refractivity contribution in [3.05, 3.63) is 21.9 Å². The van der Waals surface area contributed by atoms with E-state index >= 15 is 0 Å². The van der Waals surface area contributed by atoms with Crippen LogP contribution in [0.4, 0.5) is 0 Å². The van der Waals surface area contributed by atoms with Gasteiger partial charge in [-0.1, -0.05) is 20.3 Å². The third-order valence-corrected chi connectivity index (χ3v) is 4.14. The molecular formula is C14H26IN3S. The van der Waals surface area contributed by atoms with Crippen molar-refractivity contribution in [1.29, 1.82) is 0 Å². The first kappa shape index (κ1) is 18.7. The molecule has 0 bridgehead atoms. The molecule has 0 amide bonds. The van der Waals surface area contributed by atoms with Crippen LogP contribution in [-0.4, -0.2) is 31.5 Å². The highest BCUT2D eigenvalue weighted by atomic mass is 127. The van der Waals surface area contributed by atoms with Gasteiger partial charge in [-0.15, -0.1) is 35.3 Å². The van der Waals surface area contributed by atoms with Gasteiger partial charge in [-0.25, -0.2) is 0 Å². The van der Waals surface area contributed by atoms with Gasteiger partial charge in [0, 0.05) is 30.4 Å². The van der Waals surface area contributed by atoms with Crippen molar-refractivity contribution >= 4 is 41.3 Å². The Morgan fingerprint density at radius 2 is 2.00 bits per heavy atom. The van der Waals surface area contributed by atoms with E-state index in [0.717, 1.165) is 25.5 Å². The summed E-state index contributed by atoms with van der Waals surface area (Å²) in [7, 11) is 3.94. The Kier molecular flexibility index (Phi) is 10.3. The van der Waals surface area contributed by atoms with Gasteiger partial charge in [-0.3, -0.25) is 4.99 Å². The molecule has 1 aromatic heterocycles. The number of halogens is 1. The largest absolute Gasteiger partial charge is 0.351 e. The quantitative estimate of drug-likeness (QED) is 0.452. The van der Waals surface area contributed by atoms with Crippen LogP contribution in [0.2, 0.25) is 0 Å². The molecule has 110 valence electrons. The number of nitrogens with one attached hydrogen (secondary N) is 1. The number of nitrogens with zero attached hydrogens (tertiary/aromatic N) is 2. The number of aliphatic imine (C=N–C) groups is 1. The summed E-state index contributed by atoms with van der Waals surface area (Å²) in [6, 6.07) is 4.42. The number of guanidine groups is 1. The predicted molar refractivity (Wildman–Crippen MR) is 96.8 cm³/mol. The molecule has 1 rings (SSSR count). The van der Waals surface area contributed by atoms with Gasteiger partial charge in [0.05, 0.1) is 6.54 Å². The number of rotatable bonds is 6. The summed E-state index contributed by atoms with van der Waals surface area (Å²) in [5.74, 6) is 0.981. The molecule has 0 aromatic carbocycles. The van der Waals surface area contributed by atoms with Crippen LogP contribution >= 0.6 is 35.3 Å². The molecule has 0 fully saturated rings. The van der Waals surface area contributed by atoms with Crippen LogP contribution in [0, 0.1) is 0 Å². The van der Waals surface area contributed by atoms with Gasteiger partial charge in [0.15, 0.2) is 5.96 Å². The van der Waals surface area contributed by atoms with Crippen LogP contribution in [0.3, 0.4) is 0 Å². The van der Waals surface area contributed by atoms with Crippen molar-refractivity contribution in [2.45, 2.75) is 39.7 Å². The van der Waals surface area contributed by atoms with Gasteiger partial charge < -0.3 is 10.2 Å². The average Bonchev–Trinajstić information content (AvgIpc) is 2.85. The van der Waals surface area contributed by atoms with Crippen LogP contribution in [0.25, 0.3) is 0 Å². The monoisotopic (exact) mass is 395 g/mol. The van der Waals surface area contributed by atoms with Gasteiger partial charge in [0.2, 0.25) is 0 Å². The molecule has 0 radical (unpaired) electrons. The zero-order valence-corrected chi connectivity index (χ0v) is 15.5. The highest BCUT2D eigenvalue weighted by Gasteiger charge is 2.05. The Hall–Kier alpha value is -0.300. The summed E-state index contributed by atoms with van der Waals surface area (Å²) in [6.45, 7) is 6.33. The van der Waals surface area contributed by atoms with Gasteiger partial charge >= 0.3 is 0 Å². The summed E-state index contributed by atoms with van der Waals surface area (Å²) in [5.41, 5.74) is 0. The van der Waals surface area contributed by atoms with Crippen LogP contribution < -0.4 is 5.32 Å². The summed E-state index contributed by atoms with van der Waals surface area (Å²) in [5, 5.41) is 3.42. The first-order valence-corrected chi connectivity index (χ1v) is 7.52. The molecule has 3 nitrogen and oxygen atoms in total. The fourth-order valence-corrected chi connectivity index (χ4v) is 2.66. The number of hydrogen-bond acceptors (Lipinski definition) is 2. The minimum atomic E-state index is 0. The Morgan fingerprint density at radius 1 is 1.32 bits per heavy atom. The smallest absolute Gasteiger partial charge is 0.193 e. The van der Waals surface area contributed by atoms with E-state index in [2.05, 4.69) is 48.2 Å². The van der Waals surface area contributed by atoms with E-state index in [9.17, 15) is 0 Å². The van der Waals surface area contributed by atoms with E-state index in [1.165, 1.54) is 22.6 Å². The zero-order valence-electron chi connectivity index (χ0n) is 12.4. The highest BCUT2D eigenvalue weighted by Crippen LogP contribution is 2.16. The van der Waals surface area contributed by atoms with Crippen molar-refractivity contribution < 1.29 is 0 Å². The summed E-state index contributed by atoms with van der Waals surface area (Å²) in [4.78, 5) is 9.33. The lowest BCUT2D eigenvalue weighted by molar-refractivity contribution is 0.465. The fraction of sp³-hybridized carbons (Fsp3) is 0.643. The van der Waals surface area contributed by atoms with Crippen LogP contribution in [0.15, 0.2) is 17.1 Å². The minimum Gasteiger partial charge on any atom is -0.351 e. The molecular weight excluding hydrogens is 369 g/mol. The van der Waals surface area contributed by atoms with Gasteiger partial charge in [-0.2, -0.15) is 0 Å². The maximum Gasteiger partial charge on any atom is 0.193 e. The third kappa shape index (κ3) is 6.61. The van der Waals surface area contributed by atoms with E-state index in [1.807, 2.05) is 18.4 Å². The van der Waals surface area contributed by atoms with Crippen molar-refractivity contribution in [2.24, 2.45) is 4.99 Å². The van der Waals surface area contributed by atoms with E-state index in [-0.39, 0.29) is 24.0 Å². The average molecular weight is 395 g/mol. The van der Waals surface area contributed by atoms with Crippen molar-refractivity contribution in [3.63, 3.8) is 0 Å². The Morgan fingerprint density at radius 3 is 2.53 bits per heavy atom. The second-order valence-corrected chi connectivity index (χ2v) is 5.65. The summed E-state index contributed by atoms with van der Waals surface area (Å²) in [6.07, 6.45) is 3.54. The molecule has 0 aliphatic rings. The maximum absolute atomic E-state index is 4.32. The lowest BCUT2D eigenvalue weighted by atomic mass is 10.3. The molecule has 0 unspecified atom stereocenters. The standard InChI is InChI=1S/C14H25N3S.HI/c1-5-7-10-17(4)14(15-3)16-11-13-9-8-12(6-2)18-13;/h8-9H,5-7,10-11H2,1-4H3,(H,15,16);1H. The number of unbranched alkanes of at least 4 members (excludes halogenated alkanes) is 1.